The van der Waals surface area contributed by atoms with E-state index in [2.05, 4.69) is 264 Å². The van der Waals surface area contributed by atoms with E-state index in [1.165, 1.54) is 32.6 Å². The molecule has 68 heavy (non-hydrogen) atoms. The van der Waals surface area contributed by atoms with Crippen molar-refractivity contribution in [1.29, 1.82) is 0 Å². The summed E-state index contributed by atoms with van der Waals surface area (Å²) in [6, 6.07) is 91.1. The van der Waals surface area contributed by atoms with Gasteiger partial charge in [0, 0.05) is 49.6 Å². The minimum atomic E-state index is 0.654. The van der Waals surface area contributed by atoms with E-state index in [-0.39, 0.29) is 0 Å². The average molecular weight is 867 g/mol. The van der Waals surface area contributed by atoms with Crippen LogP contribution in [-0.4, -0.2) is 19.1 Å². The summed E-state index contributed by atoms with van der Waals surface area (Å²) in [7, 11) is 0. The van der Waals surface area contributed by atoms with Crippen LogP contribution < -0.4 is 0 Å². The Morgan fingerprint density at radius 2 is 0.603 bits per heavy atom. The molecule has 0 N–H and O–H groups in total. The Labute approximate surface area is 394 Å². The van der Waals surface area contributed by atoms with E-state index in [0.29, 0.717) is 5.82 Å². The van der Waals surface area contributed by atoms with Gasteiger partial charge in [0.15, 0.2) is 5.82 Å². The van der Waals surface area contributed by atoms with Crippen molar-refractivity contribution in [3.63, 3.8) is 0 Å². The van der Waals surface area contributed by atoms with Gasteiger partial charge in [-0.2, -0.15) is 0 Å². The van der Waals surface area contributed by atoms with Gasteiger partial charge >= 0.3 is 0 Å². The van der Waals surface area contributed by atoms with Crippen LogP contribution in [0.15, 0.2) is 255 Å². The third kappa shape index (κ3) is 6.86. The molecule has 0 aliphatic carbocycles. The molecule has 0 unspecified atom stereocenters. The Morgan fingerprint density at radius 1 is 0.221 bits per heavy atom. The number of rotatable bonds is 8. The van der Waals surface area contributed by atoms with Gasteiger partial charge in [0.25, 0.3) is 0 Å². The van der Waals surface area contributed by atoms with Crippen molar-refractivity contribution in [2.75, 3.05) is 0 Å². The highest BCUT2D eigenvalue weighted by molar-refractivity contribution is 6.12. The molecular formula is C64H42N4. The Bertz CT molecular complexity index is 3860. The van der Waals surface area contributed by atoms with Crippen molar-refractivity contribution in [1.82, 2.24) is 19.1 Å². The molecule has 13 aromatic rings. The number of hydrogen-bond acceptors (Lipinski definition) is 2. The topological polar surface area (TPSA) is 35.6 Å². The highest BCUT2D eigenvalue weighted by Crippen LogP contribution is 2.40. The molecule has 0 saturated carbocycles. The van der Waals surface area contributed by atoms with Crippen molar-refractivity contribution in [3.05, 3.63) is 255 Å². The number of nitrogens with zero attached hydrogens (tertiary/aromatic N) is 4. The standard InChI is InChI=1S/C64H42N4/c1-4-18-43(19-5-1)46-24-16-26-48(36-46)58-42-59(49-27-17-25-47(37-49)44-20-6-2-7-21-44)66-64(65-58)51-38-50(45-22-8-3-9-23-45)39-53(40-51)68-62-33-15-12-30-56(62)57-41-52(34-35-63(57)68)67-60-31-13-10-28-54(60)55-29-11-14-32-61(55)67/h1-42H. The minimum absolute atomic E-state index is 0.654. The molecule has 0 aliphatic heterocycles. The maximum atomic E-state index is 5.46. The van der Waals surface area contributed by atoms with Crippen molar-refractivity contribution in [2.24, 2.45) is 0 Å². The van der Waals surface area contributed by atoms with Crippen molar-refractivity contribution >= 4 is 43.6 Å². The zero-order valence-electron chi connectivity index (χ0n) is 37.0. The van der Waals surface area contributed by atoms with E-state index in [1.807, 2.05) is 0 Å². The highest BCUT2D eigenvalue weighted by Gasteiger charge is 2.19. The monoisotopic (exact) mass is 866 g/mol. The quantitative estimate of drug-likeness (QED) is 0.153. The molecule has 0 atom stereocenters. The van der Waals surface area contributed by atoms with Crippen LogP contribution in [0.1, 0.15) is 0 Å². The van der Waals surface area contributed by atoms with Gasteiger partial charge in [-0.05, 0) is 106 Å². The molecule has 3 heterocycles. The molecule has 4 nitrogen and oxygen atoms in total. The molecule has 10 aromatic carbocycles. The highest BCUT2D eigenvalue weighted by atomic mass is 15.0. The lowest BCUT2D eigenvalue weighted by Gasteiger charge is -2.15. The van der Waals surface area contributed by atoms with Crippen LogP contribution in [0.4, 0.5) is 0 Å². The molecule has 13 rings (SSSR count). The van der Waals surface area contributed by atoms with E-state index in [0.717, 1.165) is 83.9 Å². The summed E-state index contributed by atoms with van der Waals surface area (Å²) in [6.07, 6.45) is 0. The Hall–Kier alpha value is -9.12. The summed E-state index contributed by atoms with van der Waals surface area (Å²) in [5.74, 6) is 0.654. The lowest BCUT2D eigenvalue weighted by atomic mass is 9.98. The van der Waals surface area contributed by atoms with Crippen molar-refractivity contribution in [3.8, 4) is 78.7 Å². The van der Waals surface area contributed by atoms with Crippen LogP contribution in [0.3, 0.4) is 0 Å². The second kappa shape index (κ2) is 16.4. The van der Waals surface area contributed by atoms with E-state index < -0.39 is 0 Å². The summed E-state index contributed by atoms with van der Waals surface area (Å²) in [4.78, 5) is 10.9. The molecule has 0 radical (unpaired) electrons. The molecule has 4 heteroatoms. The van der Waals surface area contributed by atoms with Crippen molar-refractivity contribution < 1.29 is 0 Å². The molecule has 318 valence electrons. The molecule has 3 aromatic heterocycles. The first kappa shape index (κ1) is 39.3. The zero-order chi connectivity index (χ0) is 45.0. The maximum Gasteiger partial charge on any atom is 0.160 e. The minimum Gasteiger partial charge on any atom is -0.309 e. The second-order valence-electron chi connectivity index (χ2n) is 17.4. The van der Waals surface area contributed by atoms with Gasteiger partial charge in [0.2, 0.25) is 0 Å². The fraction of sp³-hybridized carbons (Fsp3) is 0. The number of para-hydroxylation sites is 3. The summed E-state index contributed by atoms with van der Waals surface area (Å²) in [5.41, 5.74) is 18.3. The summed E-state index contributed by atoms with van der Waals surface area (Å²) >= 11 is 0. The first-order valence-electron chi connectivity index (χ1n) is 23.1. The summed E-state index contributed by atoms with van der Waals surface area (Å²) in [5, 5.41) is 4.87. The van der Waals surface area contributed by atoms with Gasteiger partial charge in [-0.3, -0.25) is 0 Å². The number of fused-ring (bicyclic) bond motifs is 6. The third-order valence-corrected chi connectivity index (χ3v) is 13.3. The molecule has 0 aliphatic rings. The fourth-order valence-corrected chi connectivity index (χ4v) is 10.1. The predicted molar refractivity (Wildman–Crippen MR) is 283 cm³/mol. The maximum absolute atomic E-state index is 5.46. The lowest BCUT2D eigenvalue weighted by Crippen LogP contribution is -2.00. The molecular weight excluding hydrogens is 825 g/mol. The smallest absolute Gasteiger partial charge is 0.160 e. The van der Waals surface area contributed by atoms with E-state index in [4.69, 9.17) is 9.97 Å². The van der Waals surface area contributed by atoms with Gasteiger partial charge in [-0.15, -0.1) is 0 Å². The van der Waals surface area contributed by atoms with Crippen LogP contribution in [0.2, 0.25) is 0 Å². The Balaban J connectivity index is 1.03. The zero-order valence-corrected chi connectivity index (χ0v) is 37.0. The van der Waals surface area contributed by atoms with E-state index in [1.54, 1.807) is 0 Å². The summed E-state index contributed by atoms with van der Waals surface area (Å²) < 4.78 is 4.81. The Morgan fingerprint density at radius 3 is 1.13 bits per heavy atom. The molecule has 0 saturated heterocycles. The van der Waals surface area contributed by atoms with Crippen LogP contribution >= 0.6 is 0 Å². The molecule has 0 amide bonds. The first-order valence-corrected chi connectivity index (χ1v) is 23.1. The SMILES string of the molecule is c1ccc(-c2cccc(-c3cc(-c4cccc(-c5ccccc5)c4)nc(-c4cc(-c5ccccc5)cc(-n5c6ccccc6c6cc(-n7c8ccccc8c8ccccc87)ccc65)c4)n3)c2)cc1. The number of benzene rings is 10. The van der Waals surface area contributed by atoms with Crippen LogP contribution in [-0.2, 0) is 0 Å². The van der Waals surface area contributed by atoms with Crippen LogP contribution in [0.5, 0.6) is 0 Å². The Kier molecular flexibility index (Phi) is 9.47. The van der Waals surface area contributed by atoms with E-state index in [9.17, 15) is 0 Å². The normalized spacial score (nSPS) is 11.5. The predicted octanol–water partition coefficient (Wildman–Crippen LogP) is 16.7. The number of aromatic nitrogens is 4. The average Bonchev–Trinajstić information content (AvgIpc) is 3.94. The van der Waals surface area contributed by atoms with Crippen molar-refractivity contribution in [2.45, 2.75) is 0 Å². The summed E-state index contributed by atoms with van der Waals surface area (Å²) in [6.45, 7) is 0. The fourth-order valence-electron chi connectivity index (χ4n) is 10.1. The molecule has 0 bridgehead atoms. The molecule has 0 fully saturated rings. The van der Waals surface area contributed by atoms with Gasteiger partial charge in [0.1, 0.15) is 0 Å². The largest absolute Gasteiger partial charge is 0.309 e. The van der Waals surface area contributed by atoms with Gasteiger partial charge in [0.05, 0.1) is 33.5 Å². The van der Waals surface area contributed by atoms with Crippen LogP contribution in [0.25, 0.3) is 122 Å². The van der Waals surface area contributed by atoms with Crippen LogP contribution in [0, 0.1) is 0 Å². The molecule has 0 spiro atoms. The lowest BCUT2D eigenvalue weighted by molar-refractivity contribution is 1.15. The van der Waals surface area contributed by atoms with Gasteiger partial charge in [-0.25, -0.2) is 9.97 Å². The van der Waals surface area contributed by atoms with E-state index >= 15 is 0 Å². The van der Waals surface area contributed by atoms with Gasteiger partial charge < -0.3 is 9.13 Å². The third-order valence-electron chi connectivity index (χ3n) is 13.3. The van der Waals surface area contributed by atoms with Gasteiger partial charge in [-0.1, -0.05) is 182 Å². The first-order chi connectivity index (χ1) is 33.7. The second-order valence-corrected chi connectivity index (χ2v) is 17.4. The number of hydrogen-bond donors (Lipinski definition) is 0.